The lowest BCUT2D eigenvalue weighted by molar-refractivity contribution is -0.124. The van der Waals surface area contributed by atoms with Crippen LogP contribution in [0.3, 0.4) is 0 Å². The Morgan fingerprint density at radius 3 is 2.35 bits per heavy atom. The molecule has 3 N–H and O–H groups in total. The van der Waals surface area contributed by atoms with E-state index < -0.39 is 0 Å². The third-order valence-electron chi connectivity index (χ3n) is 2.40. The van der Waals surface area contributed by atoms with Crippen LogP contribution in [0.1, 0.15) is 40.5 Å². The monoisotopic (exact) mass is 241 g/mol. The van der Waals surface area contributed by atoms with E-state index in [-0.39, 0.29) is 29.9 Å². The maximum atomic E-state index is 11.6. The summed E-state index contributed by atoms with van der Waals surface area (Å²) < 4.78 is 0. The van der Waals surface area contributed by atoms with Crippen LogP contribution in [0.15, 0.2) is 0 Å². The van der Waals surface area contributed by atoms with E-state index in [0.29, 0.717) is 6.04 Å². The predicted molar refractivity (Wildman–Crippen MR) is 66.5 cm³/mol. The van der Waals surface area contributed by atoms with E-state index in [1.807, 2.05) is 20.8 Å². The Bertz CT molecular complexity index is 293. The average molecular weight is 241 g/mol. The van der Waals surface area contributed by atoms with Crippen molar-refractivity contribution in [3.63, 3.8) is 0 Å². The molecule has 0 heterocycles. The molecule has 0 bridgehead atoms. The van der Waals surface area contributed by atoms with Gasteiger partial charge in [-0.15, -0.1) is 0 Å². The minimum atomic E-state index is -0.332. The first kappa shape index (κ1) is 14.0. The number of hydrogen-bond acceptors (Lipinski definition) is 3. The molecule has 1 aliphatic carbocycles. The van der Waals surface area contributed by atoms with Gasteiger partial charge < -0.3 is 10.6 Å². The van der Waals surface area contributed by atoms with Crippen molar-refractivity contribution in [2.45, 2.75) is 58.2 Å². The maximum Gasteiger partial charge on any atom is 0.237 e. The highest BCUT2D eigenvalue weighted by atomic mass is 16.2. The van der Waals surface area contributed by atoms with Crippen LogP contribution < -0.4 is 16.0 Å². The molecule has 0 aromatic carbocycles. The van der Waals surface area contributed by atoms with Crippen LogP contribution in [0, 0.1) is 0 Å². The zero-order valence-corrected chi connectivity index (χ0v) is 11.1. The van der Waals surface area contributed by atoms with Gasteiger partial charge in [0.05, 0.1) is 12.6 Å². The van der Waals surface area contributed by atoms with E-state index in [4.69, 9.17) is 0 Å². The average Bonchev–Trinajstić information content (AvgIpc) is 2.95. The summed E-state index contributed by atoms with van der Waals surface area (Å²) in [4.78, 5) is 23.1. The summed E-state index contributed by atoms with van der Waals surface area (Å²) in [5, 5.41) is 8.64. The first-order chi connectivity index (χ1) is 7.78. The minimum Gasteiger partial charge on any atom is -0.352 e. The van der Waals surface area contributed by atoms with Crippen LogP contribution in [-0.4, -0.2) is 36.0 Å². The fourth-order valence-corrected chi connectivity index (χ4v) is 1.35. The SMILES string of the molecule is CC(NCC(=O)NC(C)(C)C)C(=O)NC1CC1. The van der Waals surface area contributed by atoms with E-state index in [1.54, 1.807) is 6.92 Å². The molecule has 1 saturated carbocycles. The molecule has 0 aliphatic heterocycles. The van der Waals surface area contributed by atoms with Gasteiger partial charge in [0.25, 0.3) is 0 Å². The second-order valence-electron chi connectivity index (χ2n) is 5.68. The molecule has 2 amide bonds. The van der Waals surface area contributed by atoms with E-state index in [2.05, 4.69) is 16.0 Å². The number of nitrogens with one attached hydrogen (secondary N) is 3. The predicted octanol–water partition coefficient (Wildman–Crippen LogP) is 0.158. The molecule has 0 aromatic heterocycles. The zero-order chi connectivity index (χ0) is 13.1. The molecule has 1 aliphatic rings. The summed E-state index contributed by atoms with van der Waals surface area (Å²) in [6.07, 6.45) is 2.14. The van der Waals surface area contributed by atoms with E-state index in [1.165, 1.54) is 0 Å². The van der Waals surface area contributed by atoms with Gasteiger partial charge in [0.1, 0.15) is 0 Å². The molecular weight excluding hydrogens is 218 g/mol. The molecule has 17 heavy (non-hydrogen) atoms. The van der Waals surface area contributed by atoms with Crippen molar-refractivity contribution < 1.29 is 9.59 Å². The van der Waals surface area contributed by atoms with Gasteiger partial charge in [-0.3, -0.25) is 14.9 Å². The summed E-state index contributed by atoms with van der Waals surface area (Å²) in [5.41, 5.74) is -0.238. The first-order valence-electron chi connectivity index (χ1n) is 6.13. The van der Waals surface area contributed by atoms with Crippen LogP contribution in [0.2, 0.25) is 0 Å². The van der Waals surface area contributed by atoms with Crippen LogP contribution in [0.5, 0.6) is 0 Å². The fourth-order valence-electron chi connectivity index (χ4n) is 1.35. The highest BCUT2D eigenvalue weighted by Gasteiger charge is 2.25. The Hall–Kier alpha value is -1.10. The second-order valence-corrected chi connectivity index (χ2v) is 5.68. The van der Waals surface area contributed by atoms with Crippen molar-refractivity contribution in [1.29, 1.82) is 0 Å². The number of amides is 2. The molecule has 0 aromatic rings. The summed E-state index contributed by atoms with van der Waals surface area (Å²) in [6.45, 7) is 7.70. The summed E-state index contributed by atoms with van der Waals surface area (Å²) in [7, 11) is 0. The van der Waals surface area contributed by atoms with Crippen molar-refractivity contribution >= 4 is 11.8 Å². The van der Waals surface area contributed by atoms with Gasteiger partial charge in [-0.1, -0.05) is 0 Å². The highest BCUT2D eigenvalue weighted by molar-refractivity contribution is 5.83. The van der Waals surface area contributed by atoms with Crippen LogP contribution >= 0.6 is 0 Å². The summed E-state index contributed by atoms with van der Waals surface area (Å²) >= 11 is 0. The molecule has 1 unspecified atom stereocenters. The Morgan fingerprint density at radius 1 is 1.29 bits per heavy atom. The summed E-state index contributed by atoms with van der Waals surface area (Å²) in [6, 6.07) is 0.0245. The minimum absolute atomic E-state index is 0.0314. The maximum absolute atomic E-state index is 11.6. The largest absolute Gasteiger partial charge is 0.352 e. The standard InChI is InChI=1S/C12H23N3O2/c1-8(11(17)14-9-5-6-9)13-7-10(16)15-12(2,3)4/h8-9,13H,5-7H2,1-4H3,(H,14,17)(H,15,16). The Balaban J connectivity index is 2.19. The third-order valence-corrected chi connectivity index (χ3v) is 2.40. The molecule has 1 fully saturated rings. The van der Waals surface area contributed by atoms with Gasteiger partial charge in [0.15, 0.2) is 0 Å². The van der Waals surface area contributed by atoms with Gasteiger partial charge in [-0.05, 0) is 40.5 Å². The smallest absolute Gasteiger partial charge is 0.237 e. The van der Waals surface area contributed by atoms with Crippen molar-refractivity contribution in [1.82, 2.24) is 16.0 Å². The second kappa shape index (κ2) is 5.49. The fraction of sp³-hybridized carbons (Fsp3) is 0.833. The quantitative estimate of drug-likeness (QED) is 0.642. The lowest BCUT2D eigenvalue weighted by atomic mass is 10.1. The third kappa shape index (κ3) is 6.26. The van der Waals surface area contributed by atoms with Crippen LogP contribution in [0.25, 0.3) is 0 Å². The van der Waals surface area contributed by atoms with E-state index >= 15 is 0 Å². The Labute approximate surface area is 103 Å². The molecule has 5 heteroatoms. The van der Waals surface area contributed by atoms with Gasteiger partial charge in [0.2, 0.25) is 11.8 Å². The molecule has 1 rings (SSSR count). The molecule has 98 valence electrons. The molecular formula is C12H23N3O2. The van der Waals surface area contributed by atoms with Crippen molar-refractivity contribution in [3.8, 4) is 0 Å². The highest BCUT2D eigenvalue weighted by Crippen LogP contribution is 2.18. The number of hydrogen-bond donors (Lipinski definition) is 3. The molecule has 5 nitrogen and oxygen atoms in total. The summed E-state index contributed by atoms with van der Waals surface area (Å²) in [5.74, 6) is -0.125. The van der Waals surface area contributed by atoms with E-state index in [9.17, 15) is 9.59 Å². The Morgan fingerprint density at radius 2 is 1.88 bits per heavy atom. The molecule has 0 saturated heterocycles. The van der Waals surface area contributed by atoms with Gasteiger partial charge in [-0.25, -0.2) is 0 Å². The zero-order valence-electron chi connectivity index (χ0n) is 11.1. The lowest BCUT2D eigenvalue weighted by Crippen LogP contribution is -2.49. The molecule has 1 atom stereocenters. The van der Waals surface area contributed by atoms with Gasteiger partial charge in [-0.2, -0.15) is 0 Å². The first-order valence-corrected chi connectivity index (χ1v) is 6.13. The molecule has 0 radical (unpaired) electrons. The number of carbonyl (C=O) groups excluding carboxylic acids is 2. The van der Waals surface area contributed by atoms with Crippen LogP contribution in [-0.2, 0) is 9.59 Å². The lowest BCUT2D eigenvalue weighted by Gasteiger charge is -2.21. The number of rotatable bonds is 5. The van der Waals surface area contributed by atoms with Gasteiger partial charge >= 0.3 is 0 Å². The normalized spacial score (nSPS) is 17.4. The van der Waals surface area contributed by atoms with Crippen molar-refractivity contribution in [3.05, 3.63) is 0 Å². The molecule has 0 spiro atoms. The van der Waals surface area contributed by atoms with E-state index in [0.717, 1.165) is 12.8 Å². The number of carbonyl (C=O) groups is 2. The van der Waals surface area contributed by atoms with Crippen LogP contribution in [0.4, 0.5) is 0 Å². The topological polar surface area (TPSA) is 70.2 Å². The van der Waals surface area contributed by atoms with Crippen molar-refractivity contribution in [2.24, 2.45) is 0 Å². The Kier molecular flexibility index (Phi) is 4.51. The van der Waals surface area contributed by atoms with Gasteiger partial charge in [0, 0.05) is 11.6 Å². The van der Waals surface area contributed by atoms with Crippen molar-refractivity contribution in [2.75, 3.05) is 6.54 Å².